The first-order valence-corrected chi connectivity index (χ1v) is 10.6. The molecule has 4 rings (SSSR count). The molecule has 0 aliphatic carbocycles. The molecule has 33 heavy (non-hydrogen) atoms. The number of benzene rings is 1. The fraction of sp³-hybridized carbons (Fsp3) is 0.348. The SMILES string of the molecule is CN1CCCC(NC(=O)c2cc(-c3ccc(OCC(F)(F)F)cc3)nc(-c3cn[nH]c3)c2)C1. The van der Waals surface area contributed by atoms with Crippen LogP contribution in [0.3, 0.4) is 0 Å². The van der Waals surface area contributed by atoms with E-state index in [9.17, 15) is 18.0 Å². The van der Waals surface area contributed by atoms with Gasteiger partial charge in [-0.15, -0.1) is 0 Å². The molecule has 0 spiro atoms. The molecular weight excluding hydrogens is 435 g/mol. The van der Waals surface area contributed by atoms with Gasteiger partial charge in [-0.1, -0.05) is 0 Å². The third-order valence-corrected chi connectivity index (χ3v) is 5.39. The summed E-state index contributed by atoms with van der Waals surface area (Å²) < 4.78 is 41.9. The maximum Gasteiger partial charge on any atom is 0.422 e. The maximum absolute atomic E-state index is 13.1. The van der Waals surface area contributed by atoms with E-state index in [1.54, 1.807) is 36.7 Å². The number of pyridine rings is 1. The Kier molecular flexibility index (Phi) is 6.64. The molecule has 0 radical (unpaired) electrons. The summed E-state index contributed by atoms with van der Waals surface area (Å²) in [6.45, 7) is 0.442. The molecule has 0 bridgehead atoms. The first-order valence-electron chi connectivity index (χ1n) is 10.6. The molecule has 0 saturated carbocycles. The number of H-pyrrole nitrogens is 1. The minimum absolute atomic E-state index is 0.0651. The van der Waals surface area contributed by atoms with Gasteiger partial charge in [-0.25, -0.2) is 4.98 Å². The first-order chi connectivity index (χ1) is 15.8. The molecule has 1 unspecified atom stereocenters. The predicted octanol–water partition coefficient (Wildman–Crippen LogP) is 3.90. The third kappa shape index (κ3) is 6.10. The number of nitrogens with one attached hydrogen (secondary N) is 2. The number of nitrogens with zero attached hydrogens (tertiary/aromatic N) is 3. The van der Waals surface area contributed by atoms with E-state index in [2.05, 4.69) is 25.4 Å². The van der Waals surface area contributed by atoms with Crippen molar-refractivity contribution in [2.24, 2.45) is 0 Å². The zero-order chi connectivity index (χ0) is 23.4. The number of piperidine rings is 1. The number of rotatable bonds is 6. The molecule has 1 amide bonds. The van der Waals surface area contributed by atoms with Crippen molar-refractivity contribution in [3.05, 3.63) is 54.4 Å². The molecule has 2 N–H and O–H groups in total. The van der Waals surface area contributed by atoms with E-state index in [1.165, 1.54) is 12.1 Å². The highest BCUT2D eigenvalue weighted by molar-refractivity contribution is 5.96. The van der Waals surface area contributed by atoms with Crippen LogP contribution in [-0.2, 0) is 0 Å². The molecule has 174 valence electrons. The van der Waals surface area contributed by atoms with Crippen molar-refractivity contribution in [2.75, 3.05) is 26.7 Å². The van der Waals surface area contributed by atoms with Gasteiger partial charge in [0.2, 0.25) is 0 Å². The van der Waals surface area contributed by atoms with Crippen molar-refractivity contribution in [1.29, 1.82) is 0 Å². The number of amides is 1. The molecule has 1 aromatic carbocycles. The highest BCUT2D eigenvalue weighted by Gasteiger charge is 2.28. The first kappa shape index (κ1) is 22.8. The van der Waals surface area contributed by atoms with Gasteiger partial charge in [-0.05, 0) is 62.8 Å². The Bertz CT molecular complexity index is 1080. The van der Waals surface area contributed by atoms with Crippen LogP contribution in [0.15, 0.2) is 48.8 Å². The second-order valence-electron chi connectivity index (χ2n) is 8.12. The summed E-state index contributed by atoms with van der Waals surface area (Å²) in [6, 6.07) is 9.58. The quantitative estimate of drug-likeness (QED) is 0.584. The van der Waals surface area contributed by atoms with E-state index in [0.717, 1.165) is 25.9 Å². The Hall–Kier alpha value is -3.40. The van der Waals surface area contributed by atoms with Crippen LogP contribution in [0.4, 0.5) is 13.2 Å². The molecule has 1 aliphatic rings. The Morgan fingerprint density at radius 2 is 1.94 bits per heavy atom. The number of likely N-dealkylation sites (N-methyl/N-ethyl adjacent to an activating group) is 1. The molecule has 2 aromatic heterocycles. The van der Waals surface area contributed by atoms with E-state index < -0.39 is 12.8 Å². The summed E-state index contributed by atoms with van der Waals surface area (Å²) in [5, 5.41) is 9.78. The standard InChI is InChI=1S/C23H24F3N5O2/c1-31-8-2-3-18(13-31)29-22(32)16-9-20(30-21(10-16)17-11-27-28-12-17)15-4-6-19(7-5-15)33-14-23(24,25)26/h4-7,9-12,18H,2-3,8,13-14H2,1H3,(H,27,28)(H,29,32). The second-order valence-corrected chi connectivity index (χ2v) is 8.12. The summed E-state index contributed by atoms with van der Waals surface area (Å²) >= 11 is 0. The van der Waals surface area contributed by atoms with Crippen molar-refractivity contribution in [3.8, 4) is 28.3 Å². The molecule has 7 nitrogen and oxygen atoms in total. The lowest BCUT2D eigenvalue weighted by Crippen LogP contribution is -2.46. The van der Waals surface area contributed by atoms with Crippen LogP contribution in [0.25, 0.3) is 22.5 Å². The monoisotopic (exact) mass is 459 g/mol. The fourth-order valence-electron chi connectivity index (χ4n) is 3.79. The lowest BCUT2D eigenvalue weighted by Gasteiger charge is -2.30. The Balaban J connectivity index is 1.59. The number of carbonyl (C=O) groups excluding carboxylic acids is 1. The number of aromatic nitrogens is 3. The van der Waals surface area contributed by atoms with Gasteiger partial charge in [-0.3, -0.25) is 9.89 Å². The number of ether oxygens (including phenoxy) is 1. The average molecular weight is 459 g/mol. The van der Waals surface area contributed by atoms with Crippen LogP contribution < -0.4 is 10.1 Å². The van der Waals surface area contributed by atoms with Crippen LogP contribution in [0.2, 0.25) is 0 Å². The maximum atomic E-state index is 13.1. The van der Waals surface area contributed by atoms with E-state index in [1.807, 2.05) is 7.05 Å². The minimum Gasteiger partial charge on any atom is -0.484 e. The summed E-state index contributed by atoms with van der Waals surface area (Å²) in [5.41, 5.74) is 2.88. The van der Waals surface area contributed by atoms with E-state index in [-0.39, 0.29) is 17.7 Å². The van der Waals surface area contributed by atoms with Crippen LogP contribution in [0.1, 0.15) is 23.2 Å². The van der Waals surface area contributed by atoms with Crippen LogP contribution in [0, 0.1) is 0 Å². The highest BCUT2D eigenvalue weighted by Crippen LogP contribution is 2.27. The van der Waals surface area contributed by atoms with E-state index in [4.69, 9.17) is 4.74 Å². The molecule has 3 heterocycles. The van der Waals surface area contributed by atoms with Gasteiger partial charge in [0.25, 0.3) is 5.91 Å². The molecule has 1 aliphatic heterocycles. The number of halogens is 3. The number of carbonyl (C=O) groups is 1. The number of likely N-dealkylation sites (tertiary alicyclic amines) is 1. The largest absolute Gasteiger partial charge is 0.484 e. The van der Waals surface area contributed by atoms with Crippen LogP contribution in [-0.4, -0.2) is 65.0 Å². The summed E-state index contributed by atoms with van der Waals surface area (Å²) in [5.74, 6) is -0.102. The molecule has 1 saturated heterocycles. The zero-order valence-corrected chi connectivity index (χ0v) is 18.0. The van der Waals surface area contributed by atoms with Gasteiger partial charge in [0, 0.05) is 35.5 Å². The van der Waals surface area contributed by atoms with Gasteiger partial charge in [0.15, 0.2) is 6.61 Å². The second kappa shape index (κ2) is 9.62. The highest BCUT2D eigenvalue weighted by atomic mass is 19.4. The van der Waals surface area contributed by atoms with Gasteiger partial charge in [0.1, 0.15) is 5.75 Å². The van der Waals surface area contributed by atoms with Gasteiger partial charge < -0.3 is 15.0 Å². The summed E-state index contributed by atoms with van der Waals surface area (Å²) in [4.78, 5) is 19.9. The smallest absolute Gasteiger partial charge is 0.422 e. The number of hydrogen-bond donors (Lipinski definition) is 2. The van der Waals surface area contributed by atoms with Crippen LogP contribution in [0.5, 0.6) is 5.75 Å². The third-order valence-electron chi connectivity index (χ3n) is 5.39. The fourth-order valence-corrected chi connectivity index (χ4v) is 3.79. The van der Waals surface area contributed by atoms with E-state index >= 15 is 0 Å². The van der Waals surface area contributed by atoms with Gasteiger partial charge in [0.05, 0.1) is 17.6 Å². The molecular formula is C23H24F3N5O2. The number of aromatic amines is 1. The lowest BCUT2D eigenvalue weighted by molar-refractivity contribution is -0.153. The average Bonchev–Trinajstić information content (AvgIpc) is 3.32. The van der Waals surface area contributed by atoms with E-state index in [0.29, 0.717) is 28.1 Å². The molecule has 1 fully saturated rings. The Morgan fingerprint density at radius 1 is 1.21 bits per heavy atom. The van der Waals surface area contributed by atoms with Crippen molar-refractivity contribution in [1.82, 2.24) is 25.4 Å². The van der Waals surface area contributed by atoms with Gasteiger partial charge >= 0.3 is 6.18 Å². The van der Waals surface area contributed by atoms with Crippen LogP contribution >= 0.6 is 0 Å². The molecule has 3 aromatic rings. The molecule has 1 atom stereocenters. The molecule has 10 heteroatoms. The normalized spacial score (nSPS) is 17.0. The zero-order valence-electron chi connectivity index (χ0n) is 18.0. The van der Waals surface area contributed by atoms with Crippen molar-refractivity contribution in [2.45, 2.75) is 25.1 Å². The summed E-state index contributed by atoms with van der Waals surface area (Å²) in [6.07, 6.45) is 0.818. The van der Waals surface area contributed by atoms with Gasteiger partial charge in [-0.2, -0.15) is 18.3 Å². The van der Waals surface area contributed by atoms with Crippen molar-refractivity contribution >= 4 is 5.91 Å². The van der Waals surface area contributed by atoms with Crippen molar-refractivity contribution < 1.29 is 22.7 Å². The Morgan fingerprint density at radius 3 is 2.58 bits per heavy atom. The topological polar surface area (TPSA) is 83.1 Å². The predicted molar refractivity (Wildman–Crippen MR) is 117 cm³/mol. The summed E-state index contributed by atoms with van der Waals surface area (Å²) in [7, 11) is 2.03. The minimum atomic E-state index is -4.41. The number of hydrogen-bond acceptors (Lipinski definition) is 5. The lowest BCUT2D eigenvalue weighted by atomic mass is 10.0. The number of alkyl halides is 3. The Labute approximate surface area is 189 Å². The van der Waals surface area contributed by atoms with Crippen molar-refractivity contribution in [3.63, 3.8) is 0 Å².